The fourth-order valence-corrected chi connectivity index (χ4v) is 2.01. The van der Waals surface area contributed by atoms with E-state index in [0.29, 0.717) is 0 Å². The molecule has 0 aromatic heterocycles. The van der Waals surface area contributed by atoms with Crippen molar-refractivity contribution in [2.75, 3.05) is 14.2 Å². The van der Waals surface area contributed by atoms with Gasteiger partial charge in [-0.2, -0.15) is 0 Å². The SMILES string of the molecule is COP(=O)(OC)C1CC(=O)O1. The van der Waals surface area contributed by atoms with Crippen LogP contribution in [-0.2, 0) is 23.1 Å². The largest absolute Gasteiger partial charge is 0.449 e. The Morgan fingerprint density at radius 1 is 1.55 bits per heavy atom. The number of rotatable bonds is 3. The number of hydrogen-bond donors (Lipinski definition) is 0. The Labute approximate surface area is 64.2 Å². The topological polar surface area (TPSA) is 61.8 Å². The average Bonchev–Trinajstić information content (AvgIpc) is 1.98. The Morgan fingerprint density at radius 3 is 2.27 bits per heavy atom. The molecule has 0 spiro atoms. The van der Waals surface area contributed by atoms with Gasteiger partial charge < -0.3 is 13.8 Å². The predicted molar refractivity (Wildman–Crippen MR) is 36.1 cm³/mol. The van der Waals surface area contributed by atoms with Gasteiger partial charge in [0.15, 0.2) is 0 Å². The summed E-state index contributed by atoms with van der Waals surface area (Å²) in [6.45, 7) is 0. The van der Waals surface area contributed by atoms with Crippen molar-refractivity contribution >= 4 is 13.6 Å². The van der Waals surface area contributed by atoms with Crippen LogP contribution in [0.5, 0.6) is 0 Å². The third-order valence-corrected chi connectivity index (χ3v) is 3.48. The molecule has 1 rings (SSSR count). The van der Waals surface area contributed by atoms with Gasteiger partial charge in [0.2, 0.25) is 5.85 Å². The maximum Gasteiger partial charge on any atom is 0.371 e. The zero-order valence-corrected chi connectivity index (χ0v) is 7.17. The van der Waals surface area contributed by atoms with Crippen molar-refractivity contribution < 1.29 is 23.1 Å². The number of carbonyl (C=O) groups is 1. The minimum Gasteiger partial charge on any atom is -0.449 e. The van der Waals surface area contributed by atoms with Gasteiger partial charge in [-0.3, -0.25) is 9.36 Å². The summed E-state index contributed by atoms with van der Waals surface area (Å²) < 4.78 is 25.1. The van der Waals surface area contributed by atoms with Crippen molar-refractivity contribution in [3.63, 3.8) is 0 Å². The molecular formula is C5H9O5P. The molecule has 1 aliphatic heterocycles. The van der Waals surface area contributed by atoms with E-state index in [9.17, 15) is 9.36 Å². The number of cyclic esters (lactones) is 1. The molecule has 0 radical (unpaired) electrons. The van der Waals surface area contributed by atoms with Gasteiger partial charge in [-0.05, 0) is 0 Å². The summed E-state index contributed by atoms with van der Waals surface area (Å²) in [6, 6.07) is 0. The molecule has 0 aromatic carbocycles. The van der Waals surface area contributed by atoms with Crippen LogP contribution < -0.4 is 0 Å². The first-order valence-corrected chi connectivity index (χ1v) is 4.64. The Hall–Kier alpha value is -0.380. The normalized spacial score (nSPS) is 24.2. The molecule has 5 nitrogen and oxygen atoms in total. The molecule has 0 aromatic rings. The van der Waals surface area contributed by atoms with Crippen molar-refractivity contribution in [1.82, 2.24) is 0 Å². The van der Waals surface area contributed by atoms with E-state index in [1.807, 2.05) is 0 Å². The molecule has 1 aliphatic rings. The molecule has 1 atom stereocenters. The molecule has 11 heavy (non-hydrogen) atoms. The summed E-state index contributed by atoms with van der Waals surface area (Å²) in [6.07, 6.45) is 0.110. The number of esters is 1. The lowest BCUT2D eigenvalue weighted by atomic mass is 10.4. The van der Waals surface area contributed by atoms with Gasteiger partial charge in [0.25, 0.3) is 0 Å². The highest BCUT2D eigenvalue weighted by Crippen LogP contribution is 2.56. The molecule has 0 saturated carbocycles. The maximum absolute atomic E-state index is 11.4. The Kier molecular flexibility index (Phi) is 2.32. The van der Waals surface area contributed by atoms with Crippen LogP contribution in [0, 0.1) is 0 Å². The van der Waals surface area contributed by atoms with Gasteiger partial charge in [-0.15, -0.1) is 0 Å². The lowest BCUT2D eigenvalue weighted by Gasteiger charge is -2.29. The molecule has 1 fully saturated rings. The summed E-state index contributed by atoms with van der Waals surface area (Å²) in [5.41, 5.74) is 0. The second kappa shape index (κ2) is 2.93. The van der Waals surface area contributed by atoms with E-state index in [0.717, 1.165) is 0 Å². The monoisotopic (exact) mass is 180 g/mol. The molecule has 64 valence electrons. The first-order chi connectivity index (χ1) is 5.12. The van der Waals surface area contributed by atoms with Crippen molar-refractivity contribution in [1.29, 1.82) is 0 Å². The van der Waals surface area contributed by atoms with Crippen molar-refractivity contribution in [2.45, 2.75) is 12.3 Å². The van der Waals surface area contributed by atoms with Crippen LogP contribution in [-0.4, -0.2) is 26.0 Å². The van der Waals surface area contributed by atoms with Gasteiger partial charge in [-0.25, -0.2) is 0 Å². The molecule has 0 bridgehead atoms. The van der Waals surface area contributed by atoms with Crippen LogP contribution in [0.15, 0.2) is 0 Å². The molecule has 0 aliphatic carbocycles. The lowest BCUT2D eigenvalue weighted by molar-refractivity contribution is -0.163. The predicted octanol–water partition coefficient (Wildman–Crippen LogP) is 0.745. The smallest absolute Gasteiger partial charge is 0.371 e. The third kappa shape index (κ3) is 1.45. The Balaban J connectivity index is 2.58. The van der Waals surface area contributed by atoms with Gasteiger partial charge in [0, 0.05) is 14.2 Å². The summed E-state index contributed by atoms with van der Waals surface area (Å²) in [4.78, 5) is 10.3. The quantitative estimate of drug-likeness (QED) is 0.473. The van der Waals surface area contributed by atoms with Crippen LogP contribution in [0.2, 0.25) is 0 Å². The van der Waals surface area contributed by atoms with Crippen LogP contribution in [0.25, 0.3) is 0 Å². The van der Waals surface area contributed by atoms with E-state index < -0.39 is 13.4 Å². The highest BCUT2D eigenvalue weighted by Gasteiger charge is 2.45. The van der Waals surface area contributed by atoms with Gasteiger partial charge in [0.1, 0.15) is 0 Å². The number of ether oxygens (including phenoxy) is 1. The summed E-state index contributed by atoms with van der Waals surface area (Å²) >= 11 is 0. The van der Waals surface area contributed by atoms with E-state index in [1.54, 1.807) is 0 Å². The number of hydrogen-bond acceptors (Lipinski definition) is 5. The highest BCUT2D eigenvalue weighted by molar-refractivity contribution is 7.54. The third-order valence-electron chi connectivity index (χ3n) is 1.47. The summed E-state index contributed by atoms with van der Waals surface area (Å²) in [5.74, 6) is -1.07. The summed E-state index contributed by atoms with van der Waals surface area (Å²) in [5, 5.41) is 0. The fourth-order valence-electron chi connectivity index (χ4n) is 0.771. The van der Waals surface area contributed by atoms with Crippen LogP contribution in [0.4, 0.5) is 0 Å². The van der Waals surface area contributed by atoms with Gasteiger partial charge >= 0.3 is 13.6 Å². The van der Waals surface area contributed by atoms with E-state index in [2.05, 4.69) is 13.8 Å². The van der Waals surface area contributed by atoms with Crippen molar-refractivity contribution in [3.05, 3.63) is 0 Å². The minimum absolute atomic E-state index is 0.110. The Bertz CT molecular complexity index is 197. The van der Waals surface area contributed by atoms with Gasteiger partial charge in [0.05, 0.1) is 6.42 Å². The van der Waals surface area contributed by atoms with Crippen molar-refractivity contribution in [3.8, 4) is 0 Å². The number of carbonyl (C=O) groups excluding carboxylic acids is 1. The molecule has 1 unspecified atom stereocenters. The zero-order chi connectivity index (χ0) is 8.48. The van der Waals surface area contributed by atoms with Gasteiger partial charge in [-0.1, -0.05) is 0 Å². The molecule has 0 N–H and O–H groups in total. The van der Waals surface area contributed by atoms with Crippen LogP contribution >= 0.6 is 7.60 Å². The molecule has 6 heteroatoms. The lowest BCUT2D eigenvalue weighted by Crippen LogP contribution is -2.33. The van der Waals surface area contributed by atoms with Crippen molar-refractivity contribution in [2.24, 2.45) is 0 Å². The minimum atomic E-state index is -3.17. The second-order valence-corrected chi connectivity index (χ2v) is 4.44. The van der Waals surface area contributed by atoms with E-state index >= 15 is 0 Å². The van der Waals surface area contributed by atoms with Crippen LogP contribution in [0.3, 0.4) is 0 Å². The summed E-state index contributed by atoms with van der Waals surface area (Å²) in [7, 11) is -0.645. The molecule has 1 heterocycles. The maximum atomic E-state index is 11.4. The van der Waals surface area contributed by atoms with E-state index in [4.69, 9.17) is 0 Å². The highest BCUT2D eigenvalue weighted by atomic mass is 31.2. The zero-order valence-electron chi connectivity index (χ0n) is 6.27. The first kappa shape index (κ1) is 8.71. The standard InChI is InChI=1S/C5H9O5P/c1-8-11(7,9-2)5-3-4(6)10-5/h5H,3H2,1-2H3. The molecular weight excluding hydrogens is 171 g/mol. The average molecular weight is 180 g/mol. The van der Waals surface area contributed by atoms with Crippen LogP contribution in [0.1, 0.15) is 6.42 Å². The first-order valence-electron chi connectivity index (χ1n) is 3.03. The van der Waals surface area contributed by atoms with E-state index in [-0.39, 0.29) is 12.4 Å². The van der Waals surface area contributed by atoms with E-state index in [1.165, 1.54) is 14.2 Å². The molecule has 0 amide bonds. The Morgan fingerprint density at radius 2 is 2.00 bits per heavy atom. The molecule has 1 saturated heterocycles. The fraction of sp³-hybridized carbons (Fsp3) is 0.800. The second-order valence-electron chi connectivity index (χ2n) is 2.05.